The lowest BCUT2D eigenvalue weighted by Crippen LogP contribution is -2.47. The number of benzene rings is 2. The number of nitrogens with zero attached hydrogens (tertiary/aromatic N) is 2. The zero-order valence-corrected chi connectivity index (χ0v) is 18.3. The highest BCUT2D eigenvalue weighted by Crippen LogP contribution is 2.24. The van der Waals surface area contributed by atoms with Crippen molar-refractivity contribution >= 4 is 17.5 Å². The average Bonchev–Trinajstić information content (AvgIpc) is 2.72. The molecule has 1 N–H and O–H groups in total. The molecule has 0 bridgehead atoms. The van der Waals surface area contributed by atoms with E-state index in [2.05, 4.69) is 38.0 Å². The van der Waals surface area contributed by atoms with Crippen molar-refractivity contribution in [2.24, 2.45) is 0 Å². The molecule has 0 aromatic heterocycles. The summed E-state index contributed by atoms with van der Waals surface area (Å²) in [5.74, 6) is 0.380. The van der Waals surface area contributed by atoms with Gasteiger partial charge in [-0.3, -0.25) is 9.59 Å². The Morgan fingerprint density at radius 1 is 1.00 bits per heavy atom. The van der Waals surface area contributed by atoms with Crippen molar-refractivity contribution < 1.29 is 14.3 Å². The molecule has 1 aliphatic rings. The Morgan fingerprint density at radius 2 is 1.67 bits per heavy atom. The van der Waals surface area contributed by atoms with Gasteiger partial charge in [0.1, 0.15) is 5.75 Å². The summed E-state index contributed by atoms with van der Waals surface area (Å²) in [7, 11) is 2.05. The highest BCUT2D eigenvalue weighted by atomic mass is 16.5. The molecule has 30 heavy (non-hydrogen) atoms. The molecule has 0 radical (unpaired) electrons. The largest absolute Gasteiger partial charge is 0.484 e. The third-order valence-electron chi connectivity index (χ3n) is 5.27. The van der Waals surface area contributed by atoms with E-state index in [4.69, 9.17) is 4.74 Å². The first kappa shape index (κ1) is 21.8. The molecule has 2 aromatic rings. The number of hydrogen-bond acceptors (Lipinski definition) is 4. The van der Waals surface area contributed by atoms with Crippen molar-refractivity contribution in [3.63, 3.8) is 0 Å². The van der Waals surface area contributed by atoms with Crippen LogP contribution in [0, 0.1) is 0 Å². The predicted molar refractivity (Wildman–Crippen MR) is 119 cm³/mol. The van der Waals surface area contributed by atoms with Crippen LogP contribution in [0.25, 0.3) is 0 Å². The van der Waals surface area contributed by atoms with Crippen molar-refractivity contribution in [1.29, 1.82) is 0 Å². The highest BCUT2D eigenvalue weighted by molar-refractivity contribution is 5.97. The predicted octanol–water partition coefficient (Wildman–Crippen LogP) is 3.39. The molecule has 1 heterocycles. The molecule has 0 spiro atoms. The lowest BCUT2D eigenvalue weighted by molar-refractivity contribution is -0.118. The summed E-state index contributed by atoms with van der Waals surface area (Å²) in [5, 5.41) is 2.81. The number of hydrogen-bond donors (Lipinski definition) is 1. The molecule has 1 fully saturated rings. The summed E-state index contributed by atoms with van der Waals surface area (Å²) in [6, 6.07) is 14.8. The van der Waals surface area contributed by atoms with Gasteiger partial charge in [-0.15, -0.1) is 0 Å². The van der Waals surface area contributed by atoms with Gasteiger partial charge in [-0.1, -0.05) is 39.0 Å². The summed E-state index contributed by atoms with van der Waals surface area (Å²) in [4.78, 5) is 29.1. The number of carbonyl (C=O) groups is 2. The van der Waals surface area contributed by atoms with E-state index in [-0.39, 0.29) is 23.8 Å². The average molecular weight is 410 g/mol. The SMILES string of the molecule is CN1CCN(C(=O)c2cccc(NC(=O)COc3ccc(C(C)(C)C)cc3)c2)CC1. The minimum absolute atomic E-state index is 0.00520. The molecule has 6 heteroatoms. The first-order valence-electron chi connectivity index (χ1n) is 10.3. The molecule has 0 unspecified atom stereocenters. The second-order valence-electron chi connectivity index (χ2n) is 8.79. The first-order chi connectivity index (χ1) is 14.2. The van der Waals surface area contributed by atoms with Crippen molar-refractivity contribution in [2.75, 3.05) is 45.2 Å². The maximum Gasteiger partial charge on any atom is 0.262 e. The first-order valence-corrected chi connectivity index (χ1v) is 10.3. The van der Waals surface area contributed by atoms with Gasteiger partial charge in [0.05, 0.1) is 0 Å². The zero-order valence-electron chi connectivity index (χ0n) is 18.3. The Morgan fingerprint density at radius 3 is 2.30 bits per heavy atom. The van der Waals surface area contributed by atoms with Crippen molar-refractivity contribution in [2.45, 2.75) is 26.2 Å². The van der Waals surface area contributed by atoms with Crippen LogP contribution in [0.1, 0.15) is 36.7 Å². The smallest absolute Gasteiger partial charge is 0.262 e. The second-order valence-corrected chi connectivity index (χ2v) is 8.79. The van der Waals surface area contributed by atoms with Gasteiger partial charge < -0.3 is 19.9 Å². The third-order valence-corrected chi connectivity index (χ3v) is 5.27. The van der Waals surface area contributed by atoms with E-state index in [0.717, 1.165) is 13.1 Å². The second kappa shape index (κ2) is 9.30. The number of rotatable bonds is 5. The fraction of sp³-hybridized carbons (Fsp3) is 0.417. The summed E-state index contributed by atoms with van der Waals surface area (Å²) in [6.45, 7) is 9.54. The van der Waals surface area contributed by atoms with Crippen molar-refractivity contribution in [1.82, 2.24) is 9.80 Å². The Bertz CT molecular complexity index is 879. The molecule has 160 valence electrons. The summed E-state index contributed by atoms with van der Waals surface area (Å²) in [6.07, 6.45) is 0. The number of anilines is 1. The Balaban J connectivity index is 1.54. The third kappa shape index (κ3) is 5.83. The lowest BCUT2D eigenvalue weighted by Gasteiger charge is -2.32. The molecule has 0 saturated carbocycles. The van der Waals surface area contributed by atoms with Crippen molar-refractivity contribution in [3.8, 4) is 5.75 Å². The van der Waals surface area contributed by atoms with Crippen LogP contribution >= 0.6 is 0 Å². The molecule has 2 aromatic carbocycles. The molecule has 2 amide bonds. The van der Waals surface area contributed by atoms with E-state index in [1.165, 1.54) is 5.56 Å². The van der Waals surface area contributed by atoms with Gasteiger partial charge in [0.2, 0.25) is 0 Å². The number of amides is 2. The summed E-state index contributed by atoms with van der Waals surface area (Å²) >= 11 is 0. The van der Waals surface area contributed by atoms with Gasteiger partial charge in [-0.25, -0.2) is 0 Å². The van der Waals surface area contributed by atoms with Gasteiger partial charge in [0, 0.05) is 37.4 Å². The summed E-state index contributed by atoms with van der Waals surface area (Å²) < 4.78 is 5.60. The Kier molecular flexibility index (Phi) is 6.77. The molecular formula is C24H31N3O3. The molecule has 6 nitrogen and oxygen atoms in total. The normalized spacial score (nSPS) is 15.0. The quantitative estimate of drug-likeness (QED) is 0.822. The van der Waals surface area contributed by atoms with Gasteiger partial charge in [-0.05, 0) is 48.4 Å². The van der Waals surface area contributed by atoms with Crippen LogP contribution in [-0.4, -0.2) is 61.4 Å². The van der Waals surface area contributed by atoms with E-state index in [1.807, 2.05) is 29.2 Å². The van der Waals surface area contributed by atoms with Gasteiger partial charge in [0.15, 0.2) is 6.61 Å². The zero-order chi connectivity index (χ0) is 21.7. The maximum absolute atomic E-state index is 12.7. The number of carbonyl (C=O) groups excluding carboxylic acids is 2. The molecule has 3 rings (SSSR count). The van der Waals surface area contributed by atoms with Crippen LogP contribution in [0.5, 0.6) is 5.75 Å². The number of nitrogens with one attached hydrogen (secondary N) is 1. The van der Waals surface area contributed by atoms with Crippen LogP contribution in [-0.2, 0) is 10.2 Å². The van der Waals surface area contributed by atoms with Gasteiger partial charge in [0.25, 0.3) is 11.8 Å². The fourth-order valence-electron chi connectivity index (χ4n) is 3.32. The lowest BCUT2D eigenvalue weighted by atomic mass is 9.87. The topological polar surface area (TPSA) is 61.9 Å². The van der Waals surface area contributed by atoms with E-state index < -0.39 is 0 Å². The van der Waals surface area contributed by atoms with Gasteiger partial charge >= 0.3 is 0 Å². The van der Waals surface area contributed by atoms with Crippen LogP contribution < -0.4 is 10.1 Å². The Hall–Kier alpha value is -2.86. The van der Waals surface area contributed by atoms with Crippen LogP contribution in [0.15, 0.2) is 48.5 Å². The molecule has 1 aliphatic heterocycles. The van der Waals surface area contributed by atoms with E-state index >= 15 is 0 Å². The minimum Gasteiger partial charge on any atom is -0.484 e. The molecule has 1 saturated heterocycles. The monoisotopic (exact) mass is 409 g/mol. The molecule has 0 aliphatic carbocycles. The van der Waals surface area contributed by atoms with Gasteiger partial charge in [-0.2, -0.15) is 0 Å². The number of piperazine rings is 1. The summed E-state index contributed by atoms with van der Waals surface area (Å²) in [5.41, 5.74) is 2.45. The van der Waals surface area contributed by atoms with Crippen LogP contribution in [0.4, 0.5) is 5.69 Å². The Labute approximate surface area is 178 Å². The van der Waals surface area contributed by atoms with E-state index in [1.54, 1.807) is 24.3 Å². The number of likely N-dealkylation sites (N-methyl/N-ethyl adjacent to an activating group) is 1. The maximum atomic E-state index is 12.7. The molecule has 0 atom stereocenters. The van der Waals surface area contributed by atoms with E-state index in [9.17, 15) is 9.59 Å². The minimum atomic E-state index is -0.265. The fourth-order valence-corrected chi connectivity index (χ4v) is 3.32. The molecular weight excluding hydrogens is 378 g/mol. The van der Waals surface area contributed by atoms with Crippen molar-refractivity contribution in [3.05, 3.63) is 59.7 Å². The van der Waals surface area contributed by atoms with Crippen LogP contribution in [0.2, 0.25) is 0 Å². The standard InChI is InChI=1S/C24H31N3O3/c1-24(2,3)19-8-10-21(11-9-19)30-17-22(28)25-20-7-5-6-18(16-20)23(29)27-14-12-26(4)13-15-27/h5-11,16H,12-15,17H2,1-4H3,(H,25,28). The van der Waals surface area contributed by atoms with Crippen LogP contribution in [0.3, 0.4) is 0 Å². The number of ether oxygens (including phenoxy) is 1. The highest BCUT2D eigenvalue weighted by Gasteiger charge is 2.20. The van der Waals surface area contributed by atoms with E-state index in [0.29, 0.717) is 30.1 Å².